The zero-order chi connectivity index (χ0) is 13.7. The molecule has 0 spiro atoms. The molecule has 0 fully saturated rings. The number of aliphatic hydroxyl groups is 1. The Morgan fingerprint density at radius 1 is 1.26 bits per heavy atom. The number of hydrogen-bond donors (Lipinski definition) is 1. The Bertz CT molecular complexity index is 530. The fourth-order valence-electron chi connectivity index (χ4n) is 1.80. The first kappa shape index (κ1) is 13.4. The van der Waals surface area contributed by atoms with Crippen molar-refractivity contribution in [2.75, 3.05) is 11.4 Å². The van der Waals surface area contributed by atoms with Crippen LogP contribution in [0.25, 0.3) is 0 Å². The maximum Gasteiger partial charge on any atom is 0.225 e. The van der Waals surface area contributed by atoms with Gasteiger partial charge in [-0.3, -0.25) is 4.98 Å². The average molecular weight is 258 g/mol. The first-order valence-electron chi connectivity index (χ1n) is 6.32. The third-order valence-electron chi connectivity index (χ3n) is 2.98. The van der Waals surface area contributed by atoms with Crippen LogP contribution in [0.15, 0.2) is 30.6 Å². The summed E-state index contributed by atoms with van der Waals surface area (Å²) in [7, 11) is 0. The summed E-state index contributed by atoms with van der Waals surface area (Å²) in [6.45, 7) is 5.38. The topological polar surface area (TPSA) is 62.1 Å². The van der Waals surface area contributed by atoms with Gasteiger partial charge < -0.3 is 10.0 Å². The molecule has 0 unspecified atom stereocenters. The van der Waals surface area contributed by atoms with Crippen LogP contribution in [-0.2, 0) is 13.2 Å². The molecule has 2 aromatic heterocycles. The molecule has 100 valence electrons. The number of pyridine rings is 1. The van der Waals surface area contributed by atoms with Crippen molar-refractivity contribution in [2.24, 2.45) is 0 Å². The van der Waals surface area contributed by atoms with E-state index in [0.717, 1.165) is 23.5 Å². The fraction of sp³-hybridized carbons (Fsp3) is 0.357. The summed E-state index contributed by atoms with van der Waals surface area (Å²) in [5.41, 5.74) is 2.56. The van der Waals surface area contributed by atoms with Gasteiger partial charge in [0.2, 0.25) is 5.95 Å². The number of nitrogens with zero attached hydrogens (tertiary/aromatic N) is 4. The summed E-state index contributed by atoms with van der Waals surface area (Å²) in [4.78, 5) is 15.1. The average Bonchev–Trinajstić information content (AvgIpc) is 2.46. The normalized spacial score (nSPS) is 10.5. The second kappa shape index (κ2) is 6.24. The van der Waals surface area contributed by atoms with Gasteiger partial charge in [-0.1, -0.05) is 6.07 Å². The second-order valence-electron chi connectivity index (χ2n) is 4.27. The lowest BCUT2D eigenvalue weighted by Crippen LogP contribution is -2.25. The van der Waals surface area contributed by atoms with E-state index < -0.39 is 0 Å². The van der Waals surface area contributed by atoms with Crippen molar-refractivity contribution in [2.45, 2.75) is 27.0 Å². The van der Waals surface area contributed by atoms with E-state index in [9.17, 15) is 0 Å². The Morgan fingerprint density at radius 2 is 2.11 bits per heavy atom. The highest BCUT2D eigenvalue weighted by Gasteiger charge is 2.10. The highest BCUT2D eigenvalue weighted by molar-refractivity contribution is 5.33. The van der Waals surface area contributed by atoms with Crippen molar-refractivity contribution in [3.8, 4) is 0 Å². The molecule has 2 heterocycles. The summed E-state index contributed by atoms with van der Waals surface area (Å²) in [6.07, 6.45) is 3.46. The Kier molecular flexibility index (Phi) is 4.41. The lowest BCUT2D eigenvalue weighted by atomic mass is 10.2. The molecular formula is C14H18N4O. The summed E-state index contributed by atoms with van der Waals surface area (Å²) in [6, 6.07) is 5.85. The molecular weight excluding hydrogens is 240 g/mol. The first-order chi connectivity index (χ1) is 9.24. The number of aliphatic hydroxyl groups excluding tert-OH is 1. The molecule has 0 aliphatic rings. The molecule has 0 radical (unpaired) electrons. The van der Waals surface area contributed by atoms with E-state index in [4.69, 9.17) is 5.11 Å². The molecule has 0 atom stereocenters. The molecule has 0 aromatic carbocycles. The maximum absolute atomic E-state index is 9.14. The Balaban J connectivity index is 2.20. The van der Waals surface area contributed by atoms with Crippen LogP contribution in [0.5, 0.6) is 0 Å². The van der Waals surface area contributed by atoms with Gasteiger partial charge in [0.1, 0.15) is 0 Å². The van der Waals surface area contributed by atoms with Gasteiger partial charge in [0.05, 0.1) is 18.8 Å². The summed E-state index contributed by atoms with van der Waals surface area (Å²) in [5.74, 6) is 0.669. The molecule has 2 rings (SSSR count). The quantitative estimate of drug-likeness (QED) is 0.884. The van der Waals surface area contributed by atoms with Crippen LogP contribution < -0.4 is 4.90 Å². The number of anilines is 1. The molecule has 0 bridgehead atoms. The largest absolute Gasteiger partial charge is 0.392 e. The standard InChI is InChI=1S/C14H18N4O/c1-3-18(9-13-6-4-5-7-15-13)14-16-8-12(10-19)11(2)17-14/h4-8,19H,3,9-10H2,1-2H3. The van der Waals surface area contributed by atoms with Crippen molar-refractivity contribution in [3.05, 3.63) is 47.5 Å². The molecule has 0 saturated carbocycles. The minimum atomic E-state index is -0.0293. The van der Waals surface area contributed by atoms with Crippen LogP contribution in [0, 0.1) is 6.92 Å². The fourth-order valence-corrected chi connectivity index (χ4v) is 1.80. The van der Waals surface area contributed by atoms with Crippen LogP contribution in [0.4, 0.5) is 5.95 Å². The van der Waals surface area contributed by atoms with E-state index in [1.54, 1.807) is 12.4 Å². The third kappa shape index (κ3) is 3.26. The predicted octanol–water partition coefficient (Wildman–Crippen LogP) is 1.70. The van der Waals surface area contributed by atoms with Crippen molar-refractivity contribution < 1.29 is 5.11 Å². The van der Waals surface area contributed by atoms with Crippen LogP contribution >= 0.6 is 0 Å². The first-order valence-corrected chi connectivity index (χ1v) is 6.32. The smallest absolute Gasteiger partial charge is 0.225 e. The van der Waals surface area contributed by atoms with E-state index >= 15 is 0 Å². The predicted molar refractivity (Wildman–Crippen MR) is 73.7 cm³/mol. The highest BCUT2D eigenvalue weighted by Crippen LogP contribution is 2.13. The van der Waals surface area contributed by atoms with Gasteiger partial charge in [0, 0.05) is 30.2 Å². The van der Waals surface area contributed by atoms with Gasteiger partial charge in [-0.05, 0) is 26.0 Å². The highest BCUT2D eigenvalue weighted by atomic mass is 16.3. The van der Waals surface area contributed by atoms with Crippen molar-refractivity contribution in [1.82, 2.24) is 15.0 Å². The lowest BCUT2D eigenvalue weighted by molar-refractivity contribution is 0.280. The monoisotopic (exact) mass is 258 g/mol. The van der Waals surface area contributed by atoms with Gasteiger partial charge in [0.25, 0.3) is 0 Å². The van der Waals surface area contributed by atoms with Crippen LogP contribution in [0.3, 0.4) is 0 Å². The van der Waals surface area contributed by atoms with E-state index in [1.807, 2.05) is 25.1 Å². The Morgan fingerprint density at radius 3 is 2.68 bits per heavy atom. The lowest BCUT2D eigenvalue weighted by Gasteiger charge is -2.20. The number of hydrogen-bond acceptors (Lipinski definition) is 5. The molecule has 2 aromatic rings. The van der Waals surface area contributed by atoms with Crippen LogP contribution in [0.1, 0.15) is 23.9 Å². The van der Waals surface area contributed by atoms with Crippen molar-refractivity contribution in [1.29, 1.82) is 0 Å². The number of aryl methyl sites for hydroxylation is 1. The van der Waals surface area contributed by atoms with Gasteiger partial charge in [-0.25, -0.2) is 9.97 Å². The maximum atomic E-state index is 9.14. The number of aromatic nitrogens is 3. The summed E-state index contributed by atoms with van der Waals surface area (Å²) < 4.78 is 0. The van der Waals surface area contributed by atoms with Gasteiger partial charge in [-0.2, -0.15) is 0 Å². The molecule has 0 aliphatic heterocycles. The Hall–Kier alpha value is -2.01. The van der Waals surface area contributed by atoms with Gasteiger partial charge in [0.15, 0.2) is 0 Å². The minimum absolute atomic E-state index is 0.0293. The molecule has 0 saturated heterocycles. The molecule has 5 heteroatoms. The molecule has 1 N–H and O–H groups in total. The SMILES string of the molecule is CCN(Cc1ccccn1)c1ncc(CO)c(C)n1. The summed E-state index contributed by atoms with van der Waals surface area (Å²) in [5, 5.41) is 9.14. The van der Waals surface area contributed by atoms with Crippen molar-refractivity contribution in [3.63, 3.8) is 0 Å². The molecule has 5 nitrogen and oxygen atoms in total. The second-order valence-corrected chi connectivity index (χ2v) is 4.27. The molecule has 19 heavy (non-hydrogen) atoms. The number of rotatable bonds is 5. The van der Waals surface area contributed by atoms with Gasteiger partial charge in [-0.15, -0.1) is 0 Å². The van der Waals surface area contributed by atoms with E-state index in [0.29, 0.717) is 12.5 Å². The zero-order valence-corrected chi connectivity index (χ0v) is 11.2. The zero-order valence-electron chi connectivity index (χ0n) is 11.2. The van der Waals surface area contributed by atoms with Crippen LogP contribution in [0.2, 0.25) is 0 Å². The van der Waals surface area contributed by atoms with Gasteiger partial charge >= 0.3 is 0 Å². The van der Waals surface area contributed by atoms with E-state index in [1.165, 1.54) is 0 Å². The minimum Gasteiger partial charge on any atom is -0.392 e. The molecule has 0 amide bonds. The summed E-state index contributed by atoms with van der Waals surface area (Å²) >= 11 is 0. The van der Waals surface area contributed by atoms with E-state index in [2.05, 4.69) is 26.8 Å². The third-order valence-corrected chi connectivity index (χ3v) is 2.98. The Labute approximate surface area is 113 Å². The van der Waals surface area contributed by atoms with E-state index in [-0.39, 0.29) is 6.61 Å². The van der Waals surface area contributed by atoms with Crippen molar-refractivity contribution >= 4 is 5.95 Å². The molecule has 0 aliphatic carbocycles. The van der Waals surface area contributed by atoms with Crippen LogP contribution in [-0.4, -0.2) is 26.6 Å².